The maximum absolute atomic E-state index is 12.6. The fourth-order valence-corrected chi connectivity index (χ4v) is 4.32. The third-order valence-corrected chi connectivity index (χ3v) is 6.97. The number of anilines is 1. The van der Waals surface area contributed by atoms with Crippen molar-refractivity contribution < 1.29 is 17.6 Å². The van der Waals surface area contributed by atoms with Crippen LogP contribution in [0.5, 0.6) is 0 Å². The van der Waals surface area contributed by atoms with Gasteiger partial charge in [-0.3, -0.25) is 10.1 Å². The quantitative estimate of drug-likeness (QED) is 0.672. The molecular formula is C21H22N4O4S. The molecule has 0 bridgehead atoms. The molecule has 1 aromatic heterocycles. The monoisotopic (exact) mass is 426 g/mol. The van der Waals surface area contributed by atoms with E-state index in [0.717, 1.165) is 23.6 Å². The number of carbonyl (C=O) groups is 1. The average molecular weight is 426 g/mol. The molecule has 0 unspecified atom stereocenters. The van der Waals surface area contributed by atoms with Crippen molar-refractivity contribution in [3.8, 4) is 11.5 Å². The van der Waals surface area contributed by atoms with Crippen LogP contribution in [0.25, 0.3) is 11.5 Å². The third kappa shape index (κ3) is 3.99. The highest BCUT2D eigenvalue weighted by Gasteiger charge is 2.19. The molecule has 1 aliphatic carbocycles. The summed E-state index contributed by atoms with van der Waals surface area (Å²) < 4.78 is 31.0. The van der Waals surface area contributed by atoms with E-state index >= 15 is 0 Å². The molecule has 0 saturated heterocycles. The fourth-order valence-electron chi connectivity index (χ4n) is 3.41. The van der Waals surface area contributed by atoms with Gasteiger partial charge in [-0.25, -0.2) is 12.7 Å². The van der Waals surface area contributed by atoms with Gasteiger partial charge in [0.1, 0.15) is 0 Å². The van der Waals surface area contributed by atoms with Crippen molar-refractivity contribution in [3.05, 3.63) is 59.2 Å². The molecule has 0 radical (unpaired) electrons. The highest BCUT2D eigenvalue weighted by molar-refractivity contribution is 7.89. The second-order valence-electron chi connectivity index (χ2n) is 7.37. The van der Waals surface area contributed by atoms with E-state index in [0.29, 0.717) is 11.1 Å². The van der Waals surface area contributed by atoms with E-state index in [1.165, 1.54) is 43.8 Å². The lowest BCUT2D eigenvalue weighted by molar-refractivity contribution is 0.102. The Balaban J connectivity index is 1.48. The molecule has 1 N–H and O–H groups in total. The Morgan fingerprint density at radius 2 is 1.70 bits per heavy atom. The molecule has 30 heavy (non-hydrogen) atoms. The van der Waals surface area contributed by atoms with E-state index in [2.05, 4.69) is 15.5 Å². The van der Waals surface area contributed by atoms with Crippen LogP contribution >= 0.6 is 0 Å². The Hall–Kier alpha value is -3.04. The molecule has 1 heterocycles. The van der Waals surface area contributed by atoms with E-state index in [4.69, 9.17) is 4.42 Å². The molecule has 0 fully saturated rings. The first-order chi connectivity index (χ1) is 14.3. The molecule has 2 aromatic carbocycles. The lowest BCUT2D eigenvalue weighted by atomic mass is 9.90. The third-order valence-electron chi connectivity index (χ3n) is 5.14. The molecule has 0 spiro atoms. The second-order valence-corrected chi connectivity index (χ2v) is 9.52. The number of hydrogen-bond donors (Lipinski definition) is 1. The number of aryl methyl sites for hydroxylation is 2. The number of aromatic nitrogens is 2. The zero-order valence-corrected chi connectivity index (χ0v) is 17.6. The Morgan fingerprint density at radius 1 is 1.00 bits per heavy atom. The Labute approximate surface area is 175 Å². The zero-order chi connectivity index (χ0) is 21.3. The Morgan fingerprint density at radius 3 is 2.40 bits per heavy atom. The molecule has 4 rings (SSSR count). The van der Waals surface area contributed by atoms with Crippen LogP contribution in [-0.2, 0) is 22.9 Å². The first kappa shape index (κ1) is 20.2. The normalized spacial score (nSPS) is 13.8. The van der Waals surface area contributed by atoms with Gasteiger partial charge in [-0.15, -0.1) is 5.10 Å². The van der Waals surface area contributed by atoms with E-state index in [9.17, 15) is 13.2 Å². The van der Waals surface area contributed by atoms with Crippen molar-refractivity contribution in [2.75, 3.05) is 19.4 Å². The number of carbonyl (C=O) groups excluding carboxylic acids is 1. The molecule has 3 aromatic rings. The van der Waals surface area contributed by atoms with E-state index in [1.807, 2.05) is 12.1 Å². The van der Waals surface area contributed by atoms with Crippen molar-refractivity contribution in [3.63, 3.8) is 0 Å². The van der Waals surface area contributed by atoms with Crippen LogP contribution in [0.2, 0.25) is 0 Å². The van der Waals surface area contributed by atoms with Crippen LogP contribution in [-0.4, -0.2) is 42.9 Å². The summed E-state index contributed by atoms with van der Waals surface area (Å²) in [5.74, 6) is -0.129. The molecule has 156 valence electrons. The molecule has 8 nitrogen and oxygen atoms in total. The van der Waals surface area contributed by atoms with Gasteiger partial charge in [0, 0.05) is 25.2 Å². The van der Waals surface area contributed by atoms with Crippen molar-refractivity contribution in [2.45, 2.75) is 30.6 Å². The fraction of sp³-hybridized carbons (Fsp3) is 0.286. The van der Waals surface area contributed by atoms with Crippen LogP contribution in [0.4, 0.5) is 6.01 Å². The number of rotatable bonds is 5. The van der Waals surface area contributed by atoms with E-state index in [1.54, 1.807) is 18.2 Å². The highest BCUT2D eigenvalue weighted by atomic mass is 32.2. The summed E-state index contributed by atoms with van der Waals surface area (Å²) in [6.45, 7) is 0. The minimum atomic E-state index is -3.51. The Bertz CT molecular complexity index is 1180. The maximum Gasteiger partial charge on any atom is 0.322 e. The first-order valence-electron chi connectivity index (χ1n) is 9.64. The first-order valence-corrected chi connectivity index (χ1v) is 11.1. The minimum Gasteiger partial charge on any atom is -0.403 e. The standard InChI is InChI=1S/C21H22N4O4S/c1-25(2)30(27,28)18-11-9-15(10-12-18)20-23-24-21(29-20)22-19(26)17-8-7-14-5-3-4-6-16(14)13-17/h7-13H,3-6H2,1-2H3,(H,22,24,26). The molecular weight excluding hydrogens is 404 g/mol. The van der Waals surface area contributed by atoms with Gasteiger partial charge in [0.15, 0.2) is 0 Å². The summed E-state index contributed by atoms with van der Waals surface area (Å²) in [5, 5.41) is 10.4. The average Bonchev–Trinajstić information content (AvgIpc) is 3.21. The summed E-state index contributed by atoms with van der Waals surface area (Å²) in [7, 11) is -0.572. The number of nitrogens with one attached hydrogen (secondary N) is 1. The molecule has 0 saturated carbocycles. The number of fused-ring (bicyclic) bond motifs is 1. The smallest absolute Gasteiger partial charge is 0.322 e. The summed E-state index contributed by atoms with van der Waals surface area (Å²) in [5.41, 5.74) is 3.62. The topological polar surface area (TPSA) is 105 Å². The number of nitrogens with zero attached hydrogens (tertiary/aromatic N) is 3. The minimum absolute atomic E-state index is 0.0160. The molecule has 9 heteroatoms. The lowest BCUT2D eigenvalue weighted by Gasteiger charge is -2.16. The largest absolute Gasteiger partial charge is 0.403 e. The number of sulfonamides is 1. The molecule has 0 aliphatic heterocycles. The zero-order valence-electron chi connectivity index (χ0n) is 16.8. The van der Waals surface area contributed by atoms with Gasteiger partial charge >= 0.3 is 6.01 Å². The molecule has 1 aliphatic rings. The number of hydrogen-bond acceptors (Lipinski definition) is 6. The van der Waals surface area contributed by atoms with Gasteiger partial charge < -0.3 is 4.42 Å². The summed E-state index contributed by atoms with van der Waals surface area (Å²) in [4.78, 5) is 12.7. The summed E-state index contributed by atoms with van der Waals surface area (Å²) >= 11 is 0. The van der Waals surface area contributed by atoms with Crippen molar-refractivity contribution in [1.82, 2.24) is 14.5 Å². The highest BCUT2D eigenvalue weighted by Crippen LogP contribution is 2.24. The van der Waals surface area contributed by atoms with Crippen molar-refractivity contribution >= 4 is 21.9 Å². The van der Waals surface area contributed by atoms with Gasteiger partial charge in [-0.05, 0) is 73.2 Å². The Kier molecular flexibility index (Phi) is 5.40. The van der Waals surface area contributed by atoms with Crippen LogP contribution in [0.3, 0.4) is 0 Å². The predicted octanol–water partition coefficient (Wildman–Crippen LogP) is 3.12. The SMILES string of the molecule is CN(C)S(=O)(=O)c1ccc(-c2nnc(NC(=O)c3ccc4c(c3)CCCC4)o2)cc1. The van der Waals surface area contributed by atoms with Gasteiger partial charge in [-0.2, -0.15) is 0 Å². The van der Waals surface area contributed by atoms with Gasteiger partial charge in [0.25, 0.3) is 5.91 Å². The van der Waals surface area contributed by atoms with Crippen LogP contribution in [0.15, 0.2) is 51.8 Å². The van der Waals surface area contributed by atoms with E-state index < -0.39 is 10.0 Å². The van der Waals surface area contributed by atoms with Gasteiger partial charge in [-0.1, -0.05) is 11.2 Å². The number of amides is 1. The van der Waals surface area contributed by atoms with Crippen LogP contribution in [0.1, 0.15) is 34.3 Å². The summed E-state index contributed by atoms with van der Waals surface area (Å²) in [6, 6.07) is 11.8. The van der Waals surface area contributed by atoms with Crippen molar-refractivity contribution in [1.29, 1.82) is 0 Å². The van der Waals surface area contributed by atoms with E-state index in [-0.39, 0.29) is 22.7 Å². The second kappa shape index (κ2) is 8.00. The summed E-state index contributed by atoms with van der Waals surface area (Å²) in [6.07, 6.45) is 4.37. The predicted molar refractivity (Wildman–Crippen MR) is 112 cm³/mol. The number of benzene rings is 2. The van der Waals surface area contributed by atoms with Gasteiger partial charge in [0.05, 0.1) is 4.90 Å². The van der Waals surface area contributed by atoms with Crippen LogP contribution in [0, 0.1) is 0 Å². The maximum atomic E-state index is 12.6. The van der Waals surface area contributed by atoms with Crippen molar-refractivity contribution in [2.24, 2.45) is 0 Å². The molecule has 0 atom stereocenters. The van der Waals surface area contributed by atoms with Crippen LogP contribution < -0.4 is 5.32 Å². The van der Waals surface area contributed by atoms with Gasteiger partial charge in [0.2, 0.25) is 15.9 Å². The lowest BCUT2D eigenvalue weighted by Crippen LogP contribution is -2.22. The molecule has 1 amide bonds.